The smallest absolute Gasteiger partial charge is 0.341 e. The standard InChI is InChI=1S/C19H26N2O6S/c1-5-26-18(24)15-12-7-6-8-13(12)28-17(15)21-14(23)9-27-19(25)16(10(2)3)20-11(4)22/h10,16H,5-9H2,1-4H3,(H,20,22)(H,21,23)/t16-/m0/s1. The number of carbonyl (C=O) groups is 4. The molecule has 0 aromatic carbocycles. The summed E-state index contributed by atoms with van der Waals surface area (Å²) in [6, 6.07) is -0.828. The van der Waals surface area contributed by atoms with Crippen LogP contribution in [0.4, 0.5) is 5.00 Å². The summed E-state index contributed by atoms with van der Waals surface area (Å²) < 4.78 is 10.2. The first-order chi connectivity index (χ1) is 13.2. The second-order valence-electron chi connectivity index (χ2n) is 6.86. The normalized spacial score (nSPS) is 13.6. The molecule has 1 aromatic heterocycles. The highest BCUT2D eigenvalue weighted by molar-refractivity contribution is 7.17. The lowest BCUT2D eigenvalue weighted by molar-refractivity contribution is -0.151. The second-order valence-corrected chi connectivity index (χ2v) is 7.97. The van der Waals surface area contributed by atoms with Gasteiger partial charge in [-0.25, -0.2) is 9.59 Å². The van der Waals surface area contributed by atoms with E-state index < -0.39 is 30.5 Å². The molecule has 154 valence electrons. The lowest BCUT2D eigenvalue weighted by Gasteiger charge is -2.19. The Balaban J connectivity index is 2.02. The van der Waals surface area contributed by atoms with Crippen molar-refractivity contribution >= 4 is 40.1 Å². The van der Waals surface area contributed by atoms with Gasteiger partial charge in [-0.3, -0.25) is 9.59 Å². The predicted molar refractivity (Wildman–Crippen MR) is 104 cm³/mol. The molecule has 9 heteroatoms. The molecule has 28 heavy (non-hydrogen) atoms. The number of esters is 2. The lowest BCUT2D eigenvalue weighted by Crippen LogP contribution is -2.45. The first kappa shape index (κ1) is 21.9. The number of amides is 2. The van der Waals surface area contributed by atoms with Crippen LogP contribution in [0.1, 0.15) is 54.9 Å². The molecule has 1 aliphatic rings. The summed E-state index contributed by atoms with van der Waals surface area (Å²) in [5.74, 6) is -2.23. The number of hydrogen-bond acceptors (Lipinski definition) is 7. The summed E-state index contributed by atoms with van der Waals surface area (Å²) in [5, 5.41) is 5.59. The zero-order valence-electron chi connectivity index (χ0n) is 16.5. The lowest BCUT2D eigenvalue weighted by atomic mass is 10.0. The number of aryl methyl sites for hydroxylation is 1. The van der Waals surface area contributed by atoms with Crippen molar-refractivity contribution in [3.63, 3.8) is 0 Å². The van der Waals surface area contributed by atoms with Gasteiger partial charge in [0, 0.05) is 11.8 Å². The van der Waals surface area contributed by atoms with E-state index in [4.69, 9.17) is 9.47 Å². The van der Waals surface area contributed by atoms with Gasteiger partial charge in [0.15, 0.2) is 6.61 Å². The van der Waals surface area contributed by atoms with Crippen molar-refractivity contribution in [2.45, 2.75) is 53.0 Å². The van der Waals surface area contributed by atoms with Gasteiger partial charge < -0.3 is 20.1 Å². The van der Waals surface area contributed by atoms with Crippen LogP contribution in [0, 0.1) is 5.92 Å². The van der Waals surface area contributed by atoms with Gasteiger partial charge in [0.05, 0.1) is 12.2 Å². The van der Waals surface area contributed by atoms with Crippen LogP contribution in [0.15, 0.2) is 0 Å². The molecule has 0 saturated heterocycles. The number of ether oxygens (including phenoxy) is 2. The highest BCUT2D eigenvalue weighted by Crippen LogP contribution is 2.39. The van der Waals surface area contributed by atoms with Crippen LogP contribution >= 0.6 is 11.3 Å². The molecule has 0 aliphatic heterocycles. The van der Waals surface area contributed by atoms with E-state index in [0.29, 0.717) is 10.6 Å². The number of thiophene rings is 1. The summed E-state index contributed by atoms with van der Waals surface area (Å²) in [5.41, 5.74) is 1.33. The van der Waals surface area contributed by atoms with Gasteiger partial charge in [-0.05, 0) is 37.7 Å². The summed E-state index contributed by atoms with van der Waals surface area (Å²) in [4.78, 5) is 49.0. The molecule has 2 N–H and O–H groups in total. The zero-order chi connectivity index (χ0) is 20.8. The predicted octanol–water partition coefficient (Wildman–Crippen LogP) is 2.06. The average Bonchev–Trinajstić information content (AvgIpc) is 3.17. The monoisotopic (exact) mass is 410 g/mol. The van der Waals surface area contributed by atoms with Gasteiger partial charge in [-0.15, -0.1) is 11.3 Å². The molecule has 2 amide bonds. The molecule has 0 spiro atoms. The van der Waals surface area contributed by atoms with Crippen LogP contribution < -0.4 is 10.6 Å². The van der Waals surface area contributed by atoms with Crippen LogP contribution in [0.5, 0.6) is 0 Å². The van der Waals surface area contributed by atoms with Crippen molar-refractivity contribution in [3.05, 3.63) is 16.0 Å². The van der Waals surface area contributed by atoms with E-state index >= 15 is 0 Å². The van der Waals surface area contributed by atoms with Gasteiger partial charge in [0.1, 0.15) is 11.0 Å². The highest BCUT2D eigenvalue weighted by atomic mass is 32.1. The van der Waals surface area contributed by atoms with Crippen LogP contribution in [0.25, 0.3) is 0 Å². The Hall–Kier alpha value is -2.42. The van der Waals surface area contributed by atoms with Crippen molar-refractivity contribution in [1.82, 2.24) is 5.32 Å². The molecule has 1 aromatic rings. The maximum Gasteiger partial charge on any atom is 0.341 e. The number of fused-ring (bicyclic) bond motifs is 1. The molecule has 0 unspecified atom stereocenters. The molecule has 0 fully saturated rings. The van der Waals surface area contributed by atoms with Crippen molar-refractivity contribution in [3.8, 4) is 0 Å². The largest absolute Gasteiger partial charge is 0.462 e. The van der Waals surface area contributed by atoms with Gasteiger partial charge in [0.25, 0.3) is 5.91 Å². The first-order valence-corrected chi connectivity index (χ1v) is 10.1. The van der Waals surface area contributed by atoms with Crippen LogP contribution in [-0.4, -0.2) is 43.0 Å². The van der Waals surface area contributed by atoms with Crippen molar-refractivity contribution in [2.24, 2.45) is 5.92 Å². The van der Waals surface area contributed by atoms with E-state index in [9.17, 15) is 19.2 Å². The second kappa shape index (κ2) is 9.68. The first-order valence-electron chi connectivity index (χ1n) is 9.29. The molecule has 1 atom stereocenters. The van der Waals surface area contributed by atoms with E-state index in [1.165, 1.54) is 18.3 Å². The maximum absolute atomic E-state index is 12.3. The Bertz CT molecular complexity index is 771. The topological polar surface area (TPSA) is 111 Å². The minimum Gasteiger partial charge on any atom is -0.462 e. The van der Waals surface area contributed by atoms with E-state index in [1.807, 2.05) is 0 Å². The van der Waals surface area contributed by atoms with Crippen molar-refractivity contribution < 1.29 is 28.7 Å². The van der Waals surface area contributed by atoms with Gasteiger partial charge in [0.2, 0.25) is 5.91 Å². The third kappa shape index (κ3) is 5.31. The summed E-state index contributed by atoms with van der Waals surface area (Å²) >= 11 is 1.35. The molecule has 8 nitrogen and oxygen atoms in total. The molecule has 2 rings (SSSR count). The van der Waals surface area contributed by atoms with Gasteiger partial charge >= 0.3 is 11.9 Å². The number of nitrogens with one attached hydrogen (secondary N) is 2. The summed E-state index contributed by atoms with van der Waals surface area (Å²) in [7, 11) is 0. The van der Waals surface area contributed by atoms with Crippen LogP contribution in [0.3, 0.4) is 0 Å². The minimum atomic E-state index is -0.828. The summed E-state index contributed by atoms with van der Waals surface area (Å²) in [6.45, 7) is 6.30. The number of rotatable bonds is 8. The van der Waals surface area contributed by atoms with E-state index in [0.717, 1.165) is 29.7 Å². The number of anilines is 1. The molecule has 1 aliphatic carbocycles. The quantitative estimate of drug-likeness (QED) is 0.635. The van der Waals surface area contributed by atoms with E-state index in [1.54, 1.807) is 20.8 Å². The molecule has 1 heterocycles. The number of carbonyl (C=O) groups excluding carboxylic acids is 4. The molecular formula is C19H26N2O6S. The third-order valence-electron chi connectivity index (χ3n) is 4.28. The van der Waals surface area contributed by atoms with Gasteiger partial charge in [-0.1, -0.05) is 13.8 Å². The Morgan fingerprint density at radius 1 is 1.14 bits per heavy atom. The third-order valence-corrected chi connectivity index (χ3v) is 5.49. The molecule has 0 bridgehead atoms. The molecule has 0 saturated carbocycles. The van der Waals surface area contributed by atoms with E-state index in [2.05, 4.69) is 10.6 Å². The maximum atomic E-state index is 12.3. The molecular weight excluding hydrogens is 384 g/mol. The Morgan fingerprint density at radius 3 is 2.46 bits per heavy atom. The van der Waals surface area contributed by atoms with Crippen LogP contribution in [-0.2, 0) is 36.7 Å². The SMILES string of the molecule is CCOC(=O)c1c(NC(=O)COC(=O)[C@@H](NC(C)=O)C(C)C)sc2c1CCC2. The van der Waals surface area contributed by atoms with Crippen LogP contribution in [0.2, 0.25) is 0 Å². The fourth-order valence-corrected chi connectivity index (χ4v) is 4.31. The fraction of sp³-hybridized carbons (Fsp3) is 0.579. The zero-order valence-corrected chi connectivity index (χ0v) is 17.4. The van der Waals surface area contributed by atoms with E-state index in [-0.39, 0.29) is 18.4 Å². The number of hydrogen-bond donors (Lipinski definition) is 2. The Kier molecular flexibility index (Phi) is 7.56. The molecule has 0 radical (unpaired) electrons. The Labute approximate surface area is 168 Å². The fourth-order valence-electron chi connectivity index (χ4n) is 3.02. The van der Waals surface area contributed by atoms with Crippen molar-refractivity contribution in [2.75, 3.05) is 18.5 Å². The minimum absolute atomic E-state index is 0.185. The van der Waals surface area contributed by atoms with Crippen molar-refractivity contribution in [1.29, 1.82) is 0 Å². The Morgan fingerprint density at radius 2 is 1.86 bits per heavy atom. The average molecular weight is 410 g/mol. The highest BCUT2D eigenvalue weighted by Gasteiger charge is 2.29. The summed E-state index contributed by atoms with van der Waals surface area (Å²) in [6.07, 6.45) is 2.61. The van der Waals surface area contributed by atoms with Gasteiger partial charge in [-0.2, -0.15) is 0 Å².